The van der Waals surface area contributed by atoms with E-state index in [4.69, 9.17) is 4.74 Å². The summed E-state index contributed by atoms with van der Waals surface area (Å²) in [5, 5.41) is 5.85. The second-order valence-electron chi connectivity index (χ2n) is 10.8. The topological polar surface area (TPSA) is 87.7 Å². The van der Waals surface area contributed by atoms with E-state index >= 15 is 0 Å². The van der Waals surface area contributed by atoms with Crippen molar-refractivity contribution in [2.24, 2.45) is 0 Å². The van der Waals surface area contributed by atoms with Crippen LogP contribution < -0.4 is 10.6 Å². The van der Waals surface area contributed by atoms with Gasteiger partial charge >= 0.3 is 6.09 Å². The van der Waals surface area contributed by atoms with Crippen molar-refractivity contribution in [1.29, 1.82) is 0 Å². The molecular weight excluding hydrogens is 510 g/mol. The summed E-state index contributed by atoms with van der Waals surface area (Å²) in [5.41, 5.74) is 2.71. The maximum atomic E-state index is 14.2. The Morgan fingerprint density at radius 1 is 1.00 bits per heavy atom. The summed E-state index contributed by atoms with van der Waals surface area (Å²) in [4.78, 5) is 42.5. The number of ether oxygens (including phenoxy) is 1. The maximum Gasteiger partial charge on any atom is 0.408 e. The van der Waals surface area contributed by atoms with Crippen LogP contribution in [0, 0.1) is 13.8 Å². The van der Waals surface area contributed by atoms with Crippen LogP contribution in [0.1, 0.15) is 76.1 Å². The molecule has 2 aromatic carbocycles. The van der Waals surface area contributed by atoms with Gasteiger partial charge in [-0.25, -0.2) is 4.79 Å². The van der Waals surface area contributed by atoms with Crippen molar-refractivity contribution >= 4 is 35.4 Å². The number of thioether (sulfide) groups is 1. The molecule has 0 aliphatic carbocycles. The average molecular weight is 556 g/mol. The highest BCUT2D eigenvalue weighted by Gasteiger charge is 2.36. The van der Waals surface area contributed by atoms with Gasteiger partial charge in [0.15, 0.2) is 0 Å². The van der Waals surface area contributed by atoms with Gasteiger partial charge in [-0.2, -0.15) is 11.8 Å². The van der Waals surface area contributed by atoms with Gasteiger partial charge < -0.3 is 20.3 Å². The minimum Gasteiger partial charge on any atom is -0.444 e. The van der Waals surface area contributed by atoms with E-state index in [1.807, 2.05) is 68.6 Å². The minimum atomic E-state index is -0.869. The standard InChI is InChI=1S/C31H45N3O4S/c1-8-9-12-20-34(29(36)26(19-21-39-7)33-30(37)38-31(4,5)6)27(24-17-15-22(2)16-18-24)28(35)32-25-14-11-10-13-23(25)3/h10-11,13-18,26-27H,8-9,12,19-21H2,1-7H3,(H,32,35)(H,33,37). The fraction of sp³-hybridized carbons (Fsp3) is 0.516. The Morgan fingerprint density at radius 2 is 1.67 bits per heavy atom. The molecule has 214 valence electrons. The van der Waals surface area contributed by atoms with Crippen molar-refractivity contribution in [3.63, 3.8) is 0 Å². The van der Waals surface area contributed by atoms with Crippen LogP contribution in [-0.2, 0) is 14.3 Å². The molecule has 3 amide bonds. The number of alkyl carbamates (subject to hydrolysis) is 1. The summed E-state index contributed by atoms with van der Waals surface area (Å²) >= 11 is 1.59. The zero-order valence-corrected chi connectivity index (χ0v) is 25.3. The Hall–Kier alpha value is -3.00. The van der Waals surface area contributed by atoms with Crippen LogP contribution in [0.15, 0.2) is 48.5 Å². The molecule has 0 saturated carbocycles. The molecule has 0 aromatic heterocycles. The number of unbranched alkanes of at least 4 members (excludes halogenated alkanes) is 2. The lowest BCUT2D eigenvalue weighted by Crippen LogP contribution is -2.52. The van der Waals surface area contributed by atoms with Crippen molar-refractivity contribution in [2.45, 2.75) is 84.9 Å². The van der Waals surface area contributed by atoms with Crippen LogP contribution in [0.25, 0.3) is 0 Å². The average Bonchev–Trinajstić information content (AvgIpc) is 2.87. The number of hydrogen-bond donors (Lipinski definition) is 2. The molecule has 0 bridgehead atoms. The summed E-state index contributed by atoms with van der Waals surface area (Å²) < 4.78 is 5.47. The number of carbonyl (C=O) groups is 3. The van der Waals surface area contributed by atoms with E-state index in [1.165, 1.54) is 0 Å². The number of benzene rings is 2. The summed E-state index contributed by atoms with van der Waals surface area (Å²) in [6, 6.07) is 13.6. The lowest BCUT2D eigenvalue weighted by atomic mass is 10.00. The highest BCUT2D eigenvalue weighted by atomic mass is 32.2. The molecule has 8 heteroatoms. The molecule has 0 saturated heterocycles. The summed E-state index contributed by atoms with van der Waals surface area (Å²) in [6.07, 6.45) is 4.36. The molecule has 2 N–H and O–H groups in total. The smallest absolute Gasteiger partial charge is 0.408 e. The number of carbonyl (C=O) groups excluding carboxylic acids is 3. The molecule has 0 radical (unpaired) electrons. The van der Waals surface area contributed by atoms with Gasteiger partial charge in [-0.1, -0.05) is 67.8 Å². The zero-order valence-electron chi connectivity index (χ0n) is 24.5. The zero-order chi connectivity index (χ0) is 29.0. The molecule has 0 heterocycles. The van der Waals surface area contributed by atoms with E-state index in [9.17, 15) is 14.4 Å². The molecule has 2 rings (SSSR count). The number of anilines is 1. The van der Waals surface area contributed by atoms with Gasteiger partial charge in [0.1, 0.15) is 17.7 Å². The van der Waals surface area contributed by atoms with E-state index in [-0.39, 0.29) is 11.8 Å². The normalized spacial score (nSPS) is 12.8. The predicted molar refractivity (Wildman–Crippen MR) is 161 cm³/mol. The molecular formula is C31H45N3O4S. The van der Waals surface area contributed by atoms with Gasteiger partial charge in [0.2, 0.25) is 5.91 Å². The van der Waals surface area contributed by atoms with Crippen molar-refractivity contribution in [3.05, 3.63) is 65.2 Å². The van der Waals surface area contributed by atoms with E-state index in [0.29, 0.717) is 24.4 Å². The molecule has 7 nitrogen and oxygen atoms in total. The fourth-order valence-corrected chi connectivity index (χ4v) is 4.65. The Kier molecular flexibility index (Phi) is 12.8. The predicted octanol–water partition coefficient (Wildman–Crippen LogP) is 6.65. The third-order valence-electron chi connectivity index (χ3n) is 6.24. The van der Waals surface area contributed by atoms with Gasteiger partial charge in [-0.15, -0.1) is 0 Å². The third kappa shape index (κ3) is 10.6. The number of amides is 3. The summed E-state index contributed by atoms with van der Waals surface area (Å²) in [7, 11) is 0. The van der Waals surface area contributed by atoms with Gasteiger partial charge in [0.05, 0.1) is 0 Å². The maximum absolute atomic E-state index is 14.2. The molecule has 2 unspecified atom stereocenters. The lowest BCUT2D eigenvalue weighted by molar-refractivity contribution is -0.141. The first-order valence-corrected chi connectivity index (χ1v) is 15.1. The van der Waals surface area contributed by atoms with Crippen LogP contribution >= 0.6 is 11.8 Å². The van der Waals surface area contributed by atoms with Gasteiger partial charge in [-0.3, -0.25) is 9.59 Å². The Bertz CT molecular complexity index is 1080. The number of rotatable bonds is 13. The number of hydrogen-bond acceptors (Lipinski definition) is 5. The van der Waals surface area contributed by atoms with Crippen LogP contribution in [0.4, 0.5) is 10.5 Å². The van der Waals surface area contributed by atoms with E-state index in [0.717, 1.165) is 36.0 Å². The van der Waals surface area contributed by atoms with Gasteiger partial charge in [-0.05, 0) is 76.7 Å². The van der Waals surface area contributed by atoms with Crippen LogP contribution in [0.5, 0.6) is 0 Å². The highest BCUT2D eigenvalue weighted by Crippen LogP contribution is 2.27. The van der Waals surface area contributed by atoms with Gasteiger partial charge in [0.25, 0.3) is 5.91 Å². The van der Waals surface area contributed by atoms with Crippen molar-refractivity contribution in [1.82, 2.24) is 10.2 Å². The summed E-state index contributed by atoms with van der Waals surface area (Å²) in [6.45, 7) is 11.8. The fourth-order valence-electron chi connectivity index (χ4n) is 4.18. The second kappa shape index (κ2) is 15.6. The van der Waals surface area contributed by atoms with Gasteiger partial charge in [0, 0.05) is 12.2 Å². The van der Waals surface area contributed by atoms with Crippen LogP contribution in [0.3, 0.4) is 0 Å². The first kappa shape index (κ1) is 32.2. The van der Waals surface area contributed by atoms with Crippen LogP contribution in [-0.4, -0.2) is 53.0 Å². The Balaban J connectivity index is 2.51. The Morgan fingerprint density at radius 3 is 2.26 bits per heavy atom. The first-order valence-electron chi connectivity index (χ1n) is 13.7. The number of para-hydroxylation sites is 1. The first-order chi connectivity index (χ1) is 18.5. The van der Waals surface area contributed by atoms with E-state index in [2.05, 4.69) is 17.6 Å². The Labute approximate surface area is 238 Å². The minimum absolute atomic E-state index is 0.293. The monoisotopic (exact) mass is 555 g/mol. The summed E-state index contributed by atoms with van der Waals surface area (Å²) in [5.74, 6) is 0.0787. The molecule has 39 heavy (non-hydrogen) atoms. The van der Waals surface area contributed by atoms with Crippen molar-refractivity contribution in [2.75, 3.05) is 23.9 Å². The molecule has 0 aliphatic rings. The highest BCUT2D eigenvalue weighted by molar-refractivity contribution is 7.98. The number of aryl methyl sites for hydroxylation is 2. The molecule has 0 fully saturated rings. The largest absolute Gasteiger partial charge is 0.444 e. The quantitative estimate of drug-likeness (QED) is 0.270. The SMILES string of the molecule is CCCCCN(C(=O)C(CCSC)NC(=O)OC(C)(C)C)C(C(=O)Nc1ccccc1C)c1ccc(C)cc1. The molecule has 0 aliphatic heterocycles. The lowest BCUT2D eigenvalue weighted by Gasteiger charge is -2.34. The van der Waals surface area contributed by atoms with E-state index in [1.54, 1.807) is 37.4 Å². The van der Waals surface area contributed by atoms with Crippen molar-refractivity contribution in [3.8, 4) is 0 Å². The second-order valence-corrected chi connectivity index (χ2v) is 11.8. The molecule has 0 spiro atoms. The van der Waals surface area contributed by atoms with E-state index < -0.39 is 23.8 Å². The molecule has 2 aromatic rings. The molecule has 2 atom stereocenters. The third-order valence-corrected chi connectivity index (χ3v) is 6.89. The van der Waals surface area contributed by atoms with Crippen LogP contribution in [0.2, 0.25) is 0 Å². The van der Waals surface area contributed by atoms with Crippen molar-refractivity contribution < 1.29 is 19.1 Å². The number of nitrogens with one attached hydrogen (secondary N) is 2. The number of nitrogens with zero attached hydrogens (tertiary/aromatic N) is 1.